The number of halogens is 1. The number of hydrogen-bond acceptors (Lipinski definition) is 3. The minimum Gasteiger partial charge on any atom is -0.389 e. The molecule has 0 atom stereocenters. The highest BCUT2D eigenvalue weighted by molar-refractivity contribution is 5.78. The van der Waals surface area contributed by atoms with Gasteiger partial charge in [0.15, 0.2) is 0 Å². The van der Waals surface area contributed by atoms with Gasteiger partial charge in [-0.05, 0) is 37.3 Å². The lowest BCUT2D eigenvalue weighted by Gasteiger charge is -2.38. The Labute approximate surface area is 159 Å². The molecule has 2 heterocycles. The first-order chi connectivity index (χ1) is 13.0. The molecule has 1 aromatic carbocycles. The van der Waals surface area contributed by atoms with Crippen LogP contribution in [0.3, 0.4) is 0 Å². The molecule has 6 nitrogen and oxygen atoms in total. The number of likely N-dealkylation sites (tertiary alicyclic amines) is 2. The Hall–Kier alpha value is -2.15. The molecular weight excluding hydrogens is 349 g/mol. The number of carbonyl (C=O) groups is 2. The molecule has 0 bridgehead atoms. The Kier molecular flexibility index (Phi) is 6.31. The van der Waals surface area contributed by atoms with Gasteiger partial charge >= 0.3 is 6.03 Å². The van der Waals surface area contributed by atoms with Gasteiger partial charge in [-0.2, -0.15) is 0 Å². The summed E-state index contributed by atoms with van der Waals surface area (Å²) in [7, 11) is 0. The normalized spacial score (nSPS) is 19.4. The molecule has 0 aliphatic carbocycles. The second-order valence-electron chi connectivity index (χ2n) is 7.55. The zero-order chi connectivity index (χ0) is 19.3. The summed E-state index contributed by atoms with van der Waals surface area (Å²) in [5.74, 6) is -0.103. The molecule has 3 rings (SSSR count). The third-order valence-electron chi connectivity index (χ3n) is 5.51. The number of aliphatic hydroxyl groups is 1. The topological polar surface area (TPSA) is 72.9 Å². The van der Waals surface area contributed by atoms with Crippen molar-refractivity contribution < 1.29 is 19.1 Å². The first-order valence-corrected chi connectivity index (χ1v) is 9.73. The number of urea groups is 1. The van der Waals surface area contributed by atoms with E-state index in [9.17, 15) is 19.1 Å². The molecule has 2 saturated heterocycles. The maximum Gasteiger partial charge on any atom is 0.317 e. The van der Waals surface area contributed by atoms with Crippen molar-refractivity contribution in [3.05, 3.63) is 35.6 Å². The zero-order valence-electron chi connectivity index (χ0n) is 15.6. The number of amides is 3. The van der Waals surface area contributed by atoms with Crippen molar-refractivity contribution >= 4 is 11.9 Å². The van der Waals surface area contributed by atoms with Crippen LogP contribution >= 0.6 is 0 Å². The van der Waals surface area contributed by atoms with Gasteiger partial charge in [-0.25, -0.2) is 9.18 Å². The summed E-state index contributed by atoms with van der Waals surface area (Å²) < 4.78 is 13.8. The fourth-order valence-corrected chi connectivity index (χ4v) is 3.82. The third-order valence-corrected chi connectivity index (χ3v) is 5.51. The van der Waals surface area contributed by atoms with Crippen molar-refractivity contribution in [3.8, 4) is 0 Å². The van der Waals surface area contributed by atoms with E-state index in [1.54, 1.807) is 23.1 Å². The van der Waals surface area contributed by atoms with Gasteiger partial charge in [0.2, 0.25) is 5.91 Å². The van der Waals surface area contributed by atoms with E-state index >= 15 is 0 Å². The molecule has 3 amide bonds. The van der Waals surface area contributed by atoms with Gasteiger partial charge in [-0.1, -0.05) is 18.2 Å². The Balaban J connectivity index is 1.38. The van der Waals surface area contributed by atoms with Crippen molar-refractivity contribution in [2.75, 3.05) is 32.7 Å². The van der Waals surface area contributed by atoms with Crippen LogP contribution in [0.1, 0.15) is 37.7 Å². The van der Waals surface area contributed by atoms with E-state index in [-0.39, 0.29) is 24.2 Å². The number of benzene rings is 1. The van der Waals surface area contributed by atoms with Crippen molar-refractivity contribution in [1.29, 1.82) is 0 Å². The molecule has 0 radical (unpaired) electrons. The smallest absolute Gasteiger partial charge is 0.317 e. The van der Waals surface area contributed by atoms with Crippen LogP contribution in [-0.2, 0) is 11.2 Å². The summed E-state index contributed by atoms with van der Waals surface area (Å²) in [4.78, 5) is 27.4. The maximum absolute atomic E-state index is 13.8. The van der Waals surface area contributed by atoms with Crippen molar-refractivity contribution in [2.24, 2.45) is 0 Å². The SMILES string of the molecule is O=C1CCCN1CCCNC(=O)N1CCC(O)(Cc2ccccc2F)CC1. The third kappa shape index (κ3) is 5.19. The monoisotopic (exact) mass is 377 g/mol. The van der Waals surface area contributed by atoms with Crippen LogP contribution in [-0.4, -0.2) is 65.2 Å². The van der Waals surface area contributed by atoms with E-state index in [0.29, 0.717) is 51.0 Å². The highest BCUT2D eigenvalue weighted by atomic mass is 19.1. The summed E-state index contributed by atoms with van der Waals surface area (Å²) in [6, 6.07) is 6.35. The van der Waals surface area contributed by atoms with Gasteiger partial charge in [0.25, 0.3) is 0 Å². The fourth-order valence-electron chi connectivity index (χ4n) is 3.82. The predicted molar refractivity (Wildman–Crippen MR) is 99.7 cm³/mol. The lowest BCUT2D eigenvalue weighted by Crippen LogP contribution is -2.51. The van der Waals surface area contributed by atoms with Crippen LogP contribution in [0.25, 0.3) is 0 Å². The molecule has 7 heteroatoms. The number of rotatable bonds is 6. The Morgan fingerprint density at radius 1 is 1.22 bits per heavy atom. The Bertz CT molecular complexity index is 674. The van der Waals surface area contributed by atoms with Crippen molar-refractivity contribution in [2.45, 2.75) is 44.1 Å². The van der Waals surface area contributed by atoms with Gasteiger partial charge in [-0.15, -0.1) is 0 Å². The van der Waals surface area contributed by atoms with Crippen LogP contribution in [0.2, 0.25) is 0 Å². The summed E-state index contributed by atoms with van der Waals surface area (Å²) >= 11 is 0. The van der Waals surface area contributed by atoms with Crippen LogP contribution in [0, 0.1) is 5.82 Å². The summed E-state index contributed by atoms with van der Waals surface area (Å²) in [5.41, 5.74) is -0.468. The number of nitrogens with one attached hydrogen (secondary N) is 1. The second-order valence-corrected chi connectivity index (χ2v) is 7.55. The van der Waals surface area contributed by atoms with Gasteiger partial charge in [-0.3, -0.25) is 4.79 Å². The highest BCUT2D eigenvalue weighted by Crippen LogP contribution is 2.27. The van der Waals surface area contributed by atoms with Crippen LogP contribution in [0.5, 0.6) is 0 Å². The molecule has 2 N–H and O–H groups in total. The molecule has 2 aliphatic heterocycles. The highest BCUT2D eigenvalue weighted by Gasteiger charge is 2.34. The average molecular weight is 377 g/mol. The molecule has 2 fully saturated rings. The van der Waals surface area contributed by atoms with E-state index in [1.165, 1.54) is 6.07 Å². The minimum absolute atomic E-state index is 0.143. The maximum atomic E-state index is 13.8. The molecule has 0 saturated carbocycles. The van der Waals surface area contributed by atoms with Crippen molar-refractivity contribution in [1.82, 2.24) is 15.1 Å². The van der Waals surface area contributed by atoms with E-state index in [4.69, 9.17) is 0 Å². The van der Waals surface area contributed by atoms with E-state index in [0.717, 1.165) is 19.4 Å². The molecule has 1 aromatic rings. The minimum atomic E-state index is -0.977. The van der Waals surface area contributed by atoms with Gasteiger partial charge in [0.1, 0.15) is 5.82 Å². The van der Waals surface area contributed by atoms with E-state index < -0.39 is 5.60 Å². The number of piperidine rings is 1. The molecule has 0 unspecified atom stereocenters. The Morgan fingerprint density at radius 2 is 1.96 bits per heavy atom. The van der Waals surface area contributed by atoms with Crippen LogP contribution in [0.15, 0.2) is 24.3 Å². The van der Waals surface area contributed by atoms with Crippen LogP contribution < -0.4 is 5.32 Å². The summed E-state index contributed by atoms with van der Waals surface area (Å²) in [5, 5.41) is 13.6. The quantitative estimate of drug-likeness (QED) is 0.744. The zero-order valence-corrected chi connectivity index (χ0v) is 15.6. The number of nitrogens with zero attached hydrogens (tertiary/aromatic N) is 2. The second kappa shape index (κ2) is 8.69. The van der Waals surface area contributed by atoms with Gasteiger partial charge in [0, 0.05) is 45.6 Å². The van der Waals surface area contributed by atoms with Gasteiger partial charge < -0.3 is 20.2 Å². The lowest BCUT2D eigenvalue weighted by molar-refractivity contribution is -0.127. The molecule has 27 heavy (non-hydrogen) atoms. The number of carbonyl (C=O) groups excluding carboxylic acids is 2. The molecule has 0 aromatic heterocycles. The fraction of sp³-hybridized carbons (Fsp3) is 0.600. The van der Waals surface area contributed by atoms with Crippen LogP contribution in [0.4, 0.5) is 9.18 Å². The molecule has 148 valence electrons. The van der Waals surface area contributed by atoms with E-state index in [2.05, 4.69) is 5.32 Å². The van der Waals surface area contributed by atoms with E-state index in [1.807, 2.05) is 4.90 Å². The molecule has 2 aliphatic rings. The summed E-state index contributed by atoms with van der Waals surface area (Å²) in [6.45, 7) is 2.92. The lowest BCUT2D eigenvalue weighted by atomic mass is 9.85. The summed E-state index contributed by atoms with van der Waals surface area (Å²) in [6.07, 6.45) is 3.42. The molecular formula is C20H28FN3O3. The molecule has 0 spiro atoms. The van der Waals surface area contributed by atoms with Gasteiger partial charge in [0.05, 0.1) is 5.60 Å². The largest absolute Gasteiger partial charge is 0.389 e. The predicted octanol–water partition coefficient (Wildman–Crippen LogP) is 1.92. The Morgan fingerprint density at radius 3 is 2.63 bits per heavy atom. The number of hydrogen-bond donors (Lipinski definition) is 2. The first kappa shape index (κ1) is 19.6. The standard InChI is InChI=1S/C20H28FN3O3/c21-17-6-2-1-5-16(17)15-20(27)8-13-24(14-9-20)19(26)22-10-4-12-23-11-3-7-18(23)25/h1-2,5-6,27H,3-4,7-15H2,(H,22,26). The van der Waals surface area contributed by atoms with Crippen molar-refractivity contribution in [3.63, 3.8) is 0 Å². The first-order valence-electron chi connectivity index (χ1n) is 9.73. The average Bonchev–Trinajstić information content (AvgIpc) is 3.06.